The van der Waals surface area contributed by atoms with Crippen molar-refractivity contribution in [1.29, 1.82) is 0 Å². The van der Waals surface area contributed by atoms with Gasteiger partial charge >= 0.3 is 5.97 Å². The second-order valence-corrected chi connectivity index (χ2v) is 5.20. The highest BCUT2D eigenvalue weighted by molar-refractivity contribution is 5.88. The van der Waals surface area contributed by atoms with Gasteiger partial charge in [0.15, 0.2) is 11.5 Å². The lowest BCUT2D eigenvalue weighted by molar-refractivity contribution is -0.870. The fraction of sp³-hybridized carbons (Fsp3) is 0.462. The Morgan fingerprint density at radius 2 is 2.00 bits per heavy atom. The highest BCUT2D eigenvalue weighted by Crippen LogP contribution is 2.26. The van der Waals surface area contributed by atoms with Gasteiger partial charge in [-0.25, -0.2) is 4.79 Å². The summed E-state index contributed by atoms with van der Waals surface area (Å²) in [4.78, 5) is 10.8. The number of nitrogens with zero attached hydrogens (tertiary/aromatic N) is 1. The maximum absolute atomic E-state index is 10.8. The number of hydrogen-bond donors (Lipinski definition) is 2. The third-order valence-electron chi connectivity index (χ3n) is 2.44. The molecule has 0 fully saturated rings. The van der Waals surface area contributed by atoms with Crippen LogP contribution in [0.2, 0.25) is 0 Å². The summed E-state index contributed by atoms with van der Waals surface area (Å²) in [5.41, 5.74) is 0.106. The molecule has 18 heavy (non-hydrogen) atoms. The van der Waals surface area contributed by atoms with Crippen molar-refractivity contribution in [1.82, 2.24) is 0 Å². The molecular formula is C13H20NO4+. The van der Waals surface area contributed by atoms with Gasteiger partial charge in [-0.1, -0.05) is 0 Å². The second kappa shape index (κ2) is 5.73. The number of carbonyl (C=O) groups is 1. The van der Waals surface area contributed by atoms with E-state index in [0.717, 1.165) is 17.4 Å². The molecule has 0 atom stereocenters. The van der Waals surface area contributed by atoms with Crippen molar-refractivity contribution in [3.05, 3.63) is 23.8 Å². The van der Waals surface area contributed by atoms with E-state index in [-0.39, 0.29) is 17.1 Å². The molecule has 0 aliphatic rings. The van der Waals surface area contributed by atoms with Crippen LogP contribution in [0.1, 0.15) is 16.8 Å². The Balaban J connectivity index is 2.56. The smallest absolute Gasteiger partial charge is 0.335 e. The Morgan fingerprint density at radius 3 is 2.56 bits per heavy atom. The summed E-state index contributed by atoms with van der Waals surface area (Å²) in [7, 11) is 6.26. The molecule has 1 rings (SSSR count). The number of aromatic carboxylic acids is 1. The number of quaternary nitrogens is 1. The maximum atomic E-state index is 10.8. The quantitative estimate of drug-likeness (QED) is 0.597. The van der Waals surface area contributed by atoms with Crippen molar-refractivity contribution in [2.24, 2.45) is 0 Å². The van der Waals surface area contributed by atoms with Crippen molar-refractivity contribution < 1.29 is 24.2 Å². The number of carboxylic acid groups (broad SMARTS) is 1. The zero-order valence-corrected chi connectivity index (χ0v) is 11.0. The van der Waals surface area contributed by atoms with Gasteiger partial charge in [-0.2, -0.15) is 0 Å². The van der Waals surface area contributed by atoms with E-state index in [1.54, 1.807) is 0 Å². The lowest BCUT2D eigenvalue weighted by Crippen LogP contribution is -2.35. The Hall–Kier alpha value is -1.75. The van der Waals surface area contributed by atoms with Crippen LogP contribution in [0.3, 0.4) is 0 Å². The molecule has 0 spiro atoms. The molecule has 0 radical (unpaired) electrons. The van der Waals surface area contributed by atoms with Crippen LogP contribution >= 0.6 is 0 Å². The molecule has 1 aromatic carbocycles. The molecule has 0 bridgehead atoms. The van der Waals surface area contributed by atoms with Crippen LogP contribution in [0.25, 0.3) is 0 Å². The van der Waals surface area contributed by atoms with Gasteiger partial charge in [-0.15, -0.1) is 0 Å². The van der Waals surface area contributed by atoms with E-state index in [4.69, 9.17) is 9.84 Å². The number of aromatic hydroxyl groups is 1. The van der Waals surface area contributed by atoms with Crippen LogP contribution in [0, 0.1) is 0 Å². The summed E-state index contributed by atoms with van der Waals surface area (Å²) >= 11 is 0. The van der Waals surface area contributed by atoms with Crippen LogP contribution in [-0.4, -0.2) is 55.0 Å². The third-order valence-corrected chi connectivity index (χ3v) is 2.44. The average molecular weight is 254 g/mol. The molecule has 0 aliphatic carbocycles. The zero-order valence-electron chi connectivity index (χ0n) is 11.0. The highest BCUT2D eigenvalue weighted by Gasteiger charge is 2.10. The van der Waals surface area contributed by atoms with Gasteiger partial charge in [0, 0.05) is 6.42 Å². The van der Waals surface area contributed by atoms with Crippen LogP contribution in [0.5, 0.6) is 11.5 Å². The number of benzene rings is 1. The van der Waals surface area contributed by atoms with Crippen LogP contribution < -0.4 is 4.74 Å². The number of carboxylic acids is 1. The maximum Gasteiger partial charge on any atom is 0.335 e. The van der Waals surface area contributed by atoms with Gasteiger partial charge in [-0.3, -0.25) is 0 Å². The first-order chi connectivity index (χ1) is 8.29. The van der Waals surface area contributed by atoms with Crippen LogP contribution in [0.15, 0.2) is 18.2 Å². The van der Waals surface area contributed by atoms with Gasteiger partial charge in [0.1, 0.15) is 0 Å². The van der Waals surface area contributed by atoms with Crippen LogP contribution in [-0.2, 0) is 0 Å². The number of phenolic OH excluding ortho intramolecular Hbond substituents is 1. The van der Waals surface area contributed by atoms with Crippen molar-refractivity contribution in [3.8, 4) is 11.5 Å². The fourth-order valence-electron chi connectivity index (χ4n) is 1.48. The molecule has 100 valence electrons. The van der Waals surface area contributed by atoms with Crippen molar-refractivity contribution >= 4 is 5.97 Å². The zero-order chi connectivity index (χ0) is 13.8. The van der Waals surface area contributed by atoms with E-state index in [9.17, 15) is 9.90 Å². The van der Waals surface area contributed by atoms with Crippen molar-refractivity contribution in [2.75, 3.05) is 34.3 Å². The van der Waals surface area contributed by atoms with Crippen molar-refractivity contribution in [2.45, 2.75) is 6.42 Å². The molecule has 0 aromatic heterocycles. The second-order valence-electron chi connectivity index (χ2n) is 5.20. The standard InChI is InChI=1S/C13H19NO4/c1-14(2,3)7-4-8-18-12-9-10(13(16)17)5-6-11(12)15/h5-6,9H,4,7-8H2,1-3H3,(H-,15,16,17)/p+1. The first-order valence-electron chi connectivity index (χ1n) is 5.79. The van der Waals surface area contributed by atoms with Crippen molar-refractivity contribution in [3.63, 3.8) is 0 Å². The van der Waals surface area contributed by atoms with E-state index in [2.05, 4.69) is 21.1 Å². The van der Waals surface area contributed by atoms with Gasteiger partial charge in [0.05, 0.1) is 39.9 Å². The minimum atomic E-state index is -1.04. The Bertz CT molecular complexity index is 423. The Morgan fingerprint density at radius 1 is 1.33 bits per heavy atom. The largest absolute Gasteiger partial charge is 0.504 e. The van der Waals surface area contributed by atoms with Crippen LogP contribution in [0.4, 0.5) is 0 Å². The molecule has 5 heteroatoms. The number of ether oxygens (including phenoxy) is 1. The summed E-state index contributed by atoms with van der Waals surface area (Å²) in [5.74, 6) is -0.854. The first kappa shape index (κ1) is 14.3. The molecule has 0 saturated heterocycles. The van der Waals surface area contributed by atoms with E-state index in [1.807, 2.05) is 0 Å². The molecule has 0 unspecified atom stereocenters. The topological polar surface area (TPSA) is 66.8 Å². The summed E-state index contributed by atoms with van der Waals surface area (Å²) in [6.07, 6.45) is 0.834. The Labute approximate surface area is 107 Å². The van der Waals surface area contributed by atoms with Gasteiger partial charge in [0.25, 0.3) is 0 Å². The molecular weight excluding hydrogens is 234 g/mol. The molecule has 5 nitrogen and oxygen atoms in total. The highest BCUT2D eigenvalue weighted by atomic mass is 16.5. The lowest BCUT2D eigenvalue weighted by atomic mass is 10.2. The fourth-order valence-corrected chi connectivity index (χ4v) is 1.48. The molecule has 0 saturated carbocycles. The monoisotopic (exact) mass is 254 g/mol. The van der Waals surface area contributed by atoms with E-state index >= 15 is 0 Å². The predicted octanol–water partition coefficient (Wildman–Crippen LogP) is 1.57. The van der Waals surface area contributed by atoms with Gasteiger partial charge in [0.2, 0.25) is 0 Å². The first-order valence-corrected chi connectivity index (χ1v) is 5.79. The average Bonchev–Trinajstić information content (AvgIpc) is 2.24. The number of phenols is 1. The van der Waals surface area contributed by atoms with Gasteiger partial charge < -0.3 is 19.4 Å². The van der Waals surface area contributed by atoms with E-state index in [0.29, 0.717) is 6.61 Å². The summed E-state index contributed by atoms with van der Waals surface area (Å²) in [5, 5.41) is 18.4. The summed E-state index contributed by atoms with van der Waals surface area (Å²) < 4.78 is 6.24. The molecule has 1 aromatic rings. The minimum absolute atomic E-state index is 0.0368. The summed E-state index contributed by atoms with van der Waals surface area (Å²) in [6, 6.07) is 4.01. The predicted molar refractivity (Wildman–Crippen MR) is 68.1 cm³/mol. The number of hydrogen-bond acceptors (Lipinski definition) is 3. The third kappa shape index (κ3) is 4.63. The lowest BCUT2D eigenvalue weighted by Gasteiger charge is -2.23. The van der Waals surface area contributed by atoms with Gasteiger partial charge in [-0.05, 0) is 18.2 Å². The normalized spacial score (nSPS) is 11.3. The Kier molecular flexibility index (Phi) is 4.55. The minimum Gasteiger partial charge on any atom is -0.504 e. The summed E-state index contributed by atoms with van der Waals surface area (Å²) in [6.45, 7) is 1.39. The SMILES string of the molecule is C[N+](C)(C)CCCOc1cc(C(=O)O)ccc1O. The molecule has 0 heterocycles. The molecule has 0 aliphatic heterocycles. The molecule has 0 amide bonds. The molecule has 2 N–H and O–H groups in total. The van der Waals surface area contributed by atoms with E-state index < -0.39 is 5.97 Å². The number of rotatable bonds is 6. The van der Waals surface area contributed by atoms with E-state index in [1.165, 1.54) is 18.2 Å².